The molecule has 36 heavy (non-hydrogen) atoms. The number of amides is 3. The minimum absolute atomic E-state index is 0.139. The molecular formula is C25H27F4N3O4. The van der Waals surface area contributed by atoms with Crippen molar-refractivity contribution >= 4 is 17.7 Å². The molecule has 0 radical (unpaired) electrons. The molecule has 0 unspecified atom stereocenters. The van der Waals surface area contributed by atoms with E-state index >= 15 is 0 Å². The summed E-state index contributed by atoms with van der Waals surface area (Å²) in [6.45, 7) is 1.05. The Hall–Kier alpha value is -3.47. The van der Waals surface area contributed by atoms with E-state index in [2.05, 4.69) is 10.6 Å². The Labute approximate surface area is 205 Å². The maximum absolute atomic E-state index is 13.2. The molecule has 11 heteroatoms. The zero-order valence-electron chi connectivity index (χ0n) is 19.6. The number of alkyl halides is 3. The van der Waals surface area contributed by atoms with E-state index < -0.39 is 41.3 Å². The lowest BCUT2D eigenvalue weighted by Crippen LogP contribution is -2.54. The van der Waals surface area contributed by atoms with Crippen LogP contribution < -0.4 is 10.6 Å². The van der Waals surface area contributed by atoms with Crippen LogP contribution in [-0.2, 0) is 15.7 Å². The molecule has 2 aromatic rings. The average molecular weight is 510 g/mol. The van der Waals surface area contributed by atoms with Crippen LogP contribution in [0.4, 0.5) is 17.6 Å². The van der Waals surface area contributed by atoms with E-state index in [9.17, 15) is 31.9 Å². The second kappa shape index (κ2) is 12.0. The van der Waals surface area contributed by atoms with Gasteiger partial charge in [0.15, 0.2) is 0 Å². The highest BCUT2D eigenvalue weighted by atomic mass is 19.4. The minimum atomic E-state index is -4.49. The number of carbonyl (C=O) groups excluding carboxylic acids is 3. The standard InChI is InChI=1S/C25H27F4N3O4/c1-36-15-12-30-23(34)21(31-22(33)17-4-8-20(26)9-5-17)16-10-13-32(14-11-16)24(35)18-2-6-19(7-3-18)25(27,28)29/h2-9,16,21H,10-15H2,1H3,(H,30,34)(H,31,33)/t21-/m0/s1. The van der Waals surface area contributed by atoms with Gasteiger partial charge in [-0.25, -0.2) is 4.39 Å². The van der Waals surface area contributed by atoms with E-state index in [0.29, 0.717) is 12.8 Å². The fourth-order valence-corrected chi connectivity index (χ4v) is 4.03. The maximum atomic E-state index is 13.2. The van der Waals surface area contributed by atoms with Crippen LogP contribution in [0.2, 0.25) is 0 Å². The number of piperidine rings is 1. The topological polar surface area (TPSA) is 87.7 Å². The van der Waals surface area contributed by atoms with Gasteiger partial charge in [-0.3, -0.25) is 14.4 Å². The molecule has 0 saturated carbocycles. The van der Waals surface area contributed by atoms with Crippen molar-refractivity contribution in [2.45, 2.75) is 25.1 Å². The number of hydrogen-bond donors (Lipinski definition) is 2. The van der Waals surface area contributed by atoms with Crippen molar-refractivity contribution in [2.75, 3.05) is 33.4 Å². The van der Waals surface area contributed by atoms with Gasteiger partial charge < -0.3 is 20.3 Å². The highest BCUT2D eigenvalue weighted by Gasteiger charge is 2.35. The maximum Gasteiger partial charge on any atom is 0.416 e. The summed E-state index contributed by atoms with van der Waals surface area (Å²) in [5.74, 6) is -2.14. The first kappa shape index (κ1) is 27.1. The third-order valence-corrected chi connectivity index (χ3v) is 6.04. The quantitative estimate of drug-likeness (QED) is 0.423. The third-order valence-electron chi connectivity index (χ3n) is 6.04. The number of nitrogens with one attached hydrogen (secondary N) is 2. The molecule has 0 aliphatic carbocycles. The van der Waals surface area contributed by atoms with Gasteiger partial charge in [0.2, 0.25) is 5.91 Å². The summed E-state index contributed by atoms with van der Waals surface area (Å²) in [5, 5.41) is 5.43. The van der Waals surface area contributed by atoms with Gasteiger partial charge in [-0.2, -0.15) is 13.2 Å². The van der Waals surface area contributed by atoms with E-state index in [1.54, 1.807) is 0 Å². The summed E-state index contributed by atoms with van der Waals surface area (Å²) in [5.41, 5.74) is -0.502. The summed E-state index contributed by atoms with van der Waals surface area (Å²) in [6.07, 6.45) is -3.71. The van der Waals surface area contributed by atoms with E-state index in [0.717, 1.165) is 36.4 Å². The van der Waals surface area contributed by atoms with Gasteiger partial charge in [0.25, 0.3) is 11.8 Å². The van der Waals surface area contributed by atoms with Gasteiger partial charge in [0.1, 0.15) is 11.9 Å². The molecule has 0 aromatic heterocycles. The lowest BCUT2D eigenvalue weighted by atomic mass is 9.88. The van der Waals surface area contributed by atoms with Gasteiger partial charge in [-0.05, 0) is 67.3 Å². The highest BCUT2D eigenvalue weighted by Crippen LogP contribution is 2.29. The molecule has 3 amide bonds. The van der Waals surface area contributed by atoms with Crippen molar-refractivity contribution in [3.05, 3.63) is 71.0 Å². The van der Waals surface area contributed by atoms with Gasteiger partial charge >= 0.3 is 6.18 Å². The Bertz CT molecular complexity index is 1050. The van der Waals surface area contributed by atoms with Gasteiger partial charge in [-0.1, -0.05) is 0 Å². The van der Waals surface area contributed by atoms with Crippen molar-refractivity contribution in [1.82, 2.24) is 15.5 Å². The lowest BCUT2D eigenvalue weighted by Gasteiger charge is -2.36. The monoisotopic (exact) mass is 509 g/mol. The first-order valence-electron chi connectivity index (χ1n) is 11.4. The SMILES string of the molecule is COCCNC(=O)[C@@H](NC(=O)c1ccc(F)cc1)C1CCN(C(=O)c2ccc(C(F)(F)F)cc2)CC1. The number of methoxy groups -OCH3 is 1. The largest absolute Gasteiger partial charge is 0.416 e. The van der Waals surface area contributed by atoms with Crippen LogP contribution in [0.5, 0.6) is 0 Å². The molecule has 0 spiro atoms. The second-order valence-electron chi connectivity index (χ2n) is 8.45. The molecule has 194 valence electrons. The third kappa shape index (κ3) is 7.03. The summed E-state index contributed by atoms with van der Waals surface area (Å²) < 4.78 is 56.5. The minimum Gasteiger partial charge on any atom is -0.383 e. The van der Waals surface area contributed by atoms with Crippen LogP contribution in [0.15, 0.2) is 48.5 Å². The van der Waals surface area contributed by atoms with Crippen LogP contribution >= 0.6 is 0 Å². The van der Waals surface area contributed by atoms with E-state index in [4.69, 9.17) is 4.74 Å². The van der Waals surface area contributed by atoms with Gasteiger partial charge in [-0.15, -0.1) is 0 Å². The summed E-state index contributed by atoms with van der Waals surface area (Å²) >= 11 is 0. The summed E-state index contributed by atoms with van der Waals surface area (Å²) in [7, 11) is 1.49. The molecule has 1 aliphatic rings. The first-order chi connectivity index (χ1) is 17.1. The van der Waals surface area contributed by atoms with Crippen LogP contribution in [0.25, 0.3) is 0 Å². The lowest BCUT2D eigenvalue weighted by molar-refractivity contribution is -0.137. The Morgan fingerprint density at radius 2 is 1.58 bits per heavy atom. The molecule has 3 rings (SSSR count). The van der Waals surface area contributed by atoms with Crippen molar-refractivity contribution in [1.29, 1.82) is 0 Å². The molecule has 1 saturated heterocycles. The zero-order valence-corrected chi connectivity index (χ0v) is 19.6. The zero-order chi connectivity index (χ0) is 26.3. The van der Waals surface area contributed by atoms with Crippen LogP contribution in [-0.4, -0.2) is 62.0 Å². The van der Waals surface area contributed by atoms with Crippen LogP contribution in [0, 0.1) is 11.7 Å². The fraction of sp³-hybridized carbons (Fsp3) is 0.400. The molecule has 2 aromatic carbocycles. The first-order valence-corrected chi connectivity index (χ1v) is 11.4. The predicted octanol–water partition coefficient (Wildman–Crippen LogP) is 3.26. The number of likely N-dealkylation sites (tertiary alicyclic amines) is 1. The molecule has 1 aliphatic heterocycles. The van der Waals surface area contributed by atoms with E-state index in [1.807, 2.05) is 0 Å². The van der Waals surface area contributed by atoms with E-state index in [1.165, 1.54) is 24.1 Å². The van der Waals surface area contributed by atoms with Gasteiger partial charge in [0.05, 0.1) is 12.2 Å². The van der Waals surface area contributed by atoms with Crippen molar-refractivity contribution in [3.63, 3.8) is 0 Å². The smallest absolute Gasteiger partial charge is 0.383 e. The predicted molar refractivity (Wildman–Crippen MR) is 123 cm³/mol. The van der Waals surface area contributed by atoms with Crippen molar-refractivity contribution in [3.8, 4) is 0 Å². The number of ether oxygens (including phenoxy) is 1. The fourth-order valence-electron chi connectivity index (χ4n) is 4.03. The van der Waals surface area contributed by atoms with Crippen LogP contribution in [0.1, 0.15) is 39.1 Å². The van der Waals surface area contributed by atoms with Crippen molar-refractivity contribution < 1.29 is 36.7 Å². The Morgan fingerprint density at radius 1 is 1.00 bits per heavy atom. The number of hydrogen-bond acceptors (Lipinski definition) is 4. The normalized spacial score (nSPS) is 15.3. The second-order valence-corrected chi connectivity index (χ2v) is 8.45. The number of carbonyl (C=O) groups is 3. The molecule has 1 fully saturated rings. The van der Waals surface area contributed by atoms with E-state index in [-0.39, 0.29) is 43.3 Å². The average Bonchev–Trinajstić information content (AvgIpc) is 2.87. The Kier molecular flexibility index (Phi) is 9.03. The molecular weight excluding hydrogens is 482 g/mol. The number of halogens is 4. The molecule has 7 nitrogen and oxygen atoms in total. The number of benzene rings is 2. The molecule has 1 atom stereocenters. The highest BCUT2D eigenvalue weighted by molar-refractivity contribution is 5.97. The molecule has 2 N–H and O–H groups in total. The summed E-state index contributed by atoms with van der Waals surface area (Å²) in [6, 6.07) is 8.05. The van der Waals surface area contributed by atoms with Crippen molar-refractivity contribution in [2.24, 2.45) is 5.92 Å². The summed E-state index contributed by atoms with van der Waals surface area (Å²) in [4.78, 5) is 39.9. The van der Waals surface area contributed by atoms with Crippen LogP contribution in [0.3, 0.4) is 0 Å². The Balaban J connectivity index is 1.66. The Morgan fingerprint density at radius 3 is 2.14 bits per heavy atom. The van der Waals surface area contributed by atoms with Gasteiger partial charge in [0, 0.05) is 37.9 Å². The number of rotatable bonds is 8. The molecule has 1 heterocycles. The number of nitrogens with zero attached hydrogens (tertiary/aromatic N) is 1. The molecule has 0 bridgehead atoms.